The van der Waals surface area contributed by atoms with Gasteiger partial charge < -0.3 is 5.11 Å². The van der Waals surface area contributed by atoms with Gasteiger partial charge in [0.05, 0.1) is 0 Å². The summed E-state index contributed by atoms with van der Waals surface area (Å²) in [4.78, 5) is 10.7. The maximum Gasteiger partial charge on any atom is 0.325 e. The topological polar surface area (TPSA) is 80.9 Å². The van der Waals surface area contributed by atoms with Crippen molar-refractivity contribution in [3.63, 3.8) is 0 Å². The molecule has 6 nitrogen and oxygen atoms in total. The summed E-state index contributed by atoms with van der Waals surface area (Å²) < 4.78 is 1.30. The molecule has 0 aliphatic heterocycles. The molecule has 1 heterocycles. The molecule has 0 radical (unpaired) electrons. The number of carboxylic acids is 1. The maximum atomic E-state index is 10.7. The number of aromatic nitrogens is 4. The van der Waals surface area contributed by atoms with Crippen LogP contribution in [0.5, 0.6) is 0 Å². The third kappa shape index (κ3) is 1.85. The lowest BCUT2D eigenvalue weighted by Gasteiger charge is -2.04. The smallest absolute Gasteiger partial charge is 0.325 e. The second-order valence-corrected chi connectivity index (χ2v) is 4.39. The number of nitrogens with zero attached hydrogens (tertiary/aromatic N) is 4. The average Bonchev–Trinajstić information content (AvgIpc) is 2.95. The number of rotatable bonds is 3. The molecule has 0 saturated heterocycles. The minimum Gasteiger partial charge on any atom is -0.480 e. The fourth-order valence-corrected chi connectivity index (χ4v) is 2.36. The number of hydrogen-bond donors (Lipinski definition) is 1. The number of tetrazole rings is 1. The van der Waals surface area contributed by atoms with E-state index in [9.17, 15) is 4.79 Å². The highest BCUT2D eigenvalue weighted by molar-refractivity contribution is 5.68. The number of aliphatic carboxylic acids is 1. The standard InChI is InChI=1S/C12H12N4O2/c17-11(18)7-16-12(13-14-15-16)10-5-4-8-2-1-3-9(8)6-10/h4-6H,1-3,7H2,(H,17,18). The number of carboxylic acid groups (broad SMARTS) is 1. The van der Waals surface area contributed by atoms with Crippen molar-refractivity contribution in [1.29, 1.82) is 0 Å². The molecule has 0 bridgehead atoms. The Morgan fingerprint density at radius 1 is 1.33 bits per heavy atom. The van der Waals surface area contributed by atoms with Crippen LogP contribution >= 0.6 is 0 Å². The van der Waals surface area contributed by atoms with Gasteiger partial charge in [0.15, 0.2) is 5.82 Å². The van der Waals surface area contributed by atoms with Crippen LogP contribution in [-0.2, 0) is 24.2 Å². The van der Waals surface area contributed by atoms with Crippen LogP contribution in [0.2, 0.25) is 0 Å². The van der Waals surface area contributed by atoms with Crippen molar-refractivity contribution in [2.45, 2.75) is 25.8 Å². The molecule has 1 aliphatic rings. The summed E-state index contributed by atoms with van der Waals surface area (Å²) in [5, 5.41) is 19.9. The van der Waals surface area contributed by atoms with E-state index >= 15 is 0 Å². The predicted octanol–water partition coefficient (Wildman–Crippen LogP) is 0.913. The molecule has 3 rings (SSSR count). The number of aryl methyl sites for hydroxylation is 2. The molecule has 0 fully saturated rings. The lowest BCUT2D eigenvalue weighted by Crippen LogP contribution is -2.11. The Labute approximate surface area is 103 Å². The molecule has 0 saturated carbocycles. The van der Waals surface area contributed by atoms with Crippen molar-refractivity contribution in [2.75, 3.05) is 0 Å². The fraction of sp³-hybridized carbons (Fsp3) is 0.333. The second kappa shape index (κ2) is 4.21. The summed E-state index contributed by atoms with van der Waals surface area (Å²) in [6.07, 6.45) is 3.37. The summed E-state index contributed by atoms with van der Waals surface area (Å²) in [5.41, 5.74) is 3.57. The number of fused-ring (bicyclic) bond motifs is 1. The Hall–Kier alpha value is -2.24. The molecule has 1 aliphatic carbocycles. The molecule has 2 aromatic rings. The molecule has 1 aromatic heterocycles. The van der Waals surface area contributed by atoms with Crippen molar-refractivity contribution in [3.05, 3.63) is 29.3 Å². The average molecular weight is 244 g/mol. The van der Waals surface area contributed by atoms with Gasteiger partial charge in [0, 0.05) is 5.56 Å². The van der Waals surface area contributed by atoms with Gasteiger partial charge >= 0.3 is 5.97 Å². The Morgan fingerprint density at radius 2 is 2.17 bits per heavy atom. The van der Waals surface area contributed by atoms with E-state index in [0.29, 0.717) is 5.82 Å². The summed E-state index contributed by atoms with van der Waals surface area (Å²) in [5.74, 6) is -0.447. The van der Waals surface area contributed by atoms with E-state index in [1.54, 1.807) is 0 Å². The van der Waals surface area contributed by atoms with Crippen molar-refractivity contribution in [2.24, 2.45) is 0 Å². The van der Waals surface area contributed by atoms with Crippen LogP contribution in [0.3, 0.4) is 0 Å². The maximum absolute atomic E-state index is 10.7. The van der Waals surface area contributed by atoms with Gasteiger partial charge in [-0.3, -0.25) is 4.79 Å². The molecule has 0 unspecified atom stereocenters. The predicted molar refractivity (Wildman–Crippen MR) is 62.9 cm³/mol. The Balaban J connectivity index is 1.99. The zero-order valence-corrected chi connectivity index (χ0v) is 9.70. The second-order valence-electron chi connectivity index (χ2n) is 4.39. The molecular weight excluding hydrogens is 232 g/mol. The van der Waals surface area contributed by atoms with Gasteiger partial charge in [-0.05, 0) is 46.9 Å². The first-order chi connectivity index (χ1) is 8.74. The highest BCUT2D eigenvalue weighted by Crippen LogP contribution is 2.26. The van der Waals surface area contributed by atoms with Crippen LogP contribution in [0.4, 0.5) is 0 Å². The van der Waals surface area contributed by atoms with Gasteiger partial charge in [-0.25, -0.2) is 4.68 Å². The summed E-state index contributed by atoms with van der Waals surface area (Å²) in [6, 6.07) is 6.10. The van der Waals surface area contributed by atoms with Crippen LogP contribution in [0.1, 0.15) is 17.5 Å². The molecule has 6 heteroatoms. The lowest BCUT2D eigenvalue weighted by molar-refractivity contribution is -0.137. The quantitative estimate of drug-likeness (QED) is 0.868. The molecule has 0 spiro atoms. The van der Waals surface area contributed by atoms with E-state index in [0.717, 1.165) is 18.4 Å². The van der Waals surface area contributed by atoms with Crippen molar-refractivity contribution < 1.29 is 9.90 Å². The van der Waals surface area contributed by atoms with Crippen LogP contribution in [0.15, 0.2) is 18.2 Å². The SMILES string of the molecule is O=C(O)Cn1nnnc1-c1ccc2c(c1)CCC2. The highest BCUT2D eigenvalue weighted by atomic mass is 16.4. The molecular formula is C12H12N4O2. The largest absolute Gasteiger partial charge is 0.480 e. The minimum atomic E-state index is -0.954. The molecule has 0 amide bonds. The minimum absolute atomic E-state index is 0.223. The first-order valence-corrected chi connectivity index (χ1v) is 5.84. The zero-order chi connectivity index (χ0) is 12.5. The lowest BCUT2D eigenvalue weighted by atomic mass is 10.1. The first kappa shape index (κ1) is 10.9. The number of carbonyl (C=O) groups is 1. The van der Waals surface area contributed by atoms with Gasteiger partial charge in [-0.15, -0.1) is 5.10 Å². The highest BCUT2D eigenvalue weighted by Gasteiger charge is 2.15. The van der Waals surface area contributed by atoms with Crippen LogP contribution in [-0.4, -0.2) is 31.3 Å². The molecule has 92 valence electrons. The van der Waals surface area contributed by atoms with Gasteiger partial charge in [-0.2, -0.15) is 0 Å². The fourth-order valence-electron chi connectivity index (χ4n) is 2.36. The summed E-state index contributed by atoms with van der Waals surface area (Å²) >= 11 is 0. The molecule has 1 N–H and O–H groups in total. The van der Waals surface area contributed by atoms with Crippen LogP contribution < -0.4 is 0 Å². The Morgan fingerprint density at radius 3 is 3.00 bits per heavy atom. The normalized spacial score (nSPS) is 13.6. The van der Waals surface area contributed by atoms with Crippen LogP contribution in [0.25, 0.3) is 11.4 Å². The monoisotopic (exact) mass is 244 g/mol. The van der Waals surface area contributed by atoms with Crippen molar-refractivity contribution >= 4 is 5.97 Å². The van der Waals surface area contributed by atoms with Crippen molar-refractivity contribution in [3.8, 4) is 11.4 Å². The first-order valence-electron chi connectivity index (χ1n) is 5.84. The van der Waals surface area contributed by atoms with Gasteiger partial charge in [0.1, 0.15) is 6.54 Å². The Bertz CT molecular complexity index is 606. The molecule has 1 aromatic carbocycles. The van der Waals surface area contributed by atoms with E-state index in [1.807, 2.05) is 6.07 Å². The van der Waals surface area contributed by atoms with E-state index < -0.39 is 5.97 Å². The third-order valence-corrected chi connectivity index (χ3v) is 3.17. The van der Waals surface area contributed by atoms with Gasteiger partial charge in [0.25, 0.3) is 0 Å². The number of benzene rings is 1. The molecule has 0 atom stereocenters. The van der Waals surface area contributed by atoms with E-state index in [4.69, 9.17) is 5.11 Å². The zero-order valence-electron chi connectivity index (χ0n) is 9.70. The van der Waals surface area contributed by atoms with Crippen molar-refractivity contribution in [1.82, 2.24) is 20.2 Å². The van der Waals surface area contributed by atoms with Gasteiger partial charge in [0.2, 0.25) is 0 Å². The third-order valence-electron chi connectivity index (χ3n) is 3.17. The van der Waals surface area contributed by atoms with Gasteiger partial charge in [-0.1, -0.05) is 12.1 Å². The molecule has 18 heavy (non-hydrogen) atoms. The Kier molecular flexibility index (Phi) is 2.55. The van der Waals surface area contributed by atoms with E-state index in [-0.39, 0.29) is 6.54 Å². The van der Waals surface area contributed by atoms with Crippen LogP contribution in [0, 0.1) is 0 Å². The van der Waals surface area contributed by atoms with E-state index in [2.05, 4.69) is 27.7 Å². The van der Waals surface area contributed by atoms with E-state index in [1.165, 1.54) is 22.2 Å². The summed E-state index contributed by atoms with van der Waals surface area (Å²) in [6.45, 7) is -0.223. The number of hydrogen-bond acceptors (Lipinski definition) is 4. The summed E-state index contributed by atoms with van der Waals surface area (Å²) in [7, 11) is 0.